The van der Waals surface area contributed by atoms with Gasteiger partial charge in [-0.25, -0.2) is 4.98 Å². The molecule has 2 aromatic rings. The average molecular weight is 443 g/mol. The van der Waals surface area contributed by atoms with Crippen molar-refractivity contribution in [1.82, 2.24) is 20.5 Å². The first-order valence-corrected chi connectivity index (χ1v) is 11.0. The van der Waals surface area contributed by atoms with Crippen LogP contribution in [-0.4, -0.2) is 58.6 Å². The van der Waals surface area contributed by atoms with Crippen LogP contribution >= 0.6 is 0 Å². The van der Waals surface area contributed by atoms with Crippen LogP contribution in [0.2, 0.25) is 0 Å². The number of likely N-dealkylation sites (N-methyl/N-ethyl adjacent to an activating group) is 1. The number of aliphatic hydroxyl groups excluding tert-OH is 1. The number of aryl methyl sites for hydroxylation is 1. The summed E-state index contributed by atoms with van der Waals surface area (Å²) in [4.78, 5) is 31.9. The molecule has 0 saturated carbocycles. The SMILES string of the molecule is CN[C@H](C(=O)N1C[C@H](O)C[C@H]1C(=O)N[C@@H](C)c1ccc(-c2ocnc2C)cc1)C(C)(C)C. The highest BCUT2D eigenvalue weighted by atomic mass is 16.3. The molecule has 0 bridgehead atoms. The van der Waals surface area contributed by atoms with E-state index in [1.807, 2.05) is 58.9 Å². The van der Waals surface area contributed by atoms with E-state index in [2.05, 4.69) is 15.6 Å². The monoisotopic (exact) mass is 442 g/mol. The minimum atomic E-state index is -0.716. The lowest BCUT2D eigenvalue weighted by atomic mass is 9.86. The number of nitrogens with one attached hydrogen (secondary N) is 2. The van der Waals surface area contributed by atoms with Gasteiger partial charge in [0.1, 0.15) is 6.04 Å². The topological polar surface area (TPSA) is 108 Å². The zero-order valence-corrected chi connectivity index (χ0v) is 19.7. The van der Waals surface area contributed by atoms with Gasteiger partial charge in [-0.3, -0.25) is 9.59 Å². The van der Waals surface area contributed by atoms with Crippen molar-refractivity contribution in [2.75, 3.05) is 13.6 Å². The maximum Gasteiger partial charge on any atom is 0.243 e. The summed E-state index contributed by atoms with van der Waals surface area (Å²) in [5.41, 5.74) is 2.34. The minimum absolute atomic E-state index is 0.158. The largest absolute Gasteiger partial charge is 0.443 e. The van der Waals surface area contributed by atoms with Crippen molar-refractivity contribution in [2.45, 2.75) is 65.3 Å². The molecular formula is C24H34N4O4. The Hall–Kier alpha value is -2.71. The van der Waals surface area contributed by atoms with Gasteiger partial charge >= 0.3 is 0 Å². The molecule has 3 rings (SSSR count). The molecule has 4 atom stereocenters. The average Bonchev–Trinajstić information content (AvgIpc) is 3.33. The number of aromatic nitrogens is 1. The second-order valence-electron chi connectivity index (χ2n) is 9.60. The van der Waals surface area contributed by atoms with Crippen LogP contribution in [0.1, 0.15) is 51.4 Å². The predicted molar refractivity (Wildman–Crippen MR) is 122 cm³/mol. The summed E-state index contributed by atoms with van der Waals surface area (Å²) in [5, 5.41) is 16.3. The second kappa shape index (κ2) is 9.42. The van der Waals surface area contributed by atoms with Crippen molar-refractivity contribution >= 4 is 11.8 Å². The lowest BCUT2D eigenvalue weighted by Crippen LogP contribution is -2.56. The van der Waals surface area contributed by atoms with Gasteiger partial charge in [0.25, 0.3) is 0 Å². The third kappa shape index (κ3) is 5.02. The molecule has 1 aliphatic heterocycles. The summed E-state index contributed by atoms with van der Waals surface area (Å²) in [6.45, 7) is 9.86. The summed E-state index contributed by atoms with van der Waals surface area (Å²) in [6.07, 6.45) is 0.934. The molecule has 2 amide bonds. The number of carbonyl (C=O) groups excluding carboxylic acids is 2. The summed E-state index contributed by atoms with van der Waals surface area (Å²) in [7, 11) is 1.74. The van der Waals surface area contributed by atoms with E-state index < -0.39 is 18.2 Å². The Balaban J connectivity index is 1.70. The molecular weight excluding hydrogens is 408 g/mol. The Bertz CT molecular complexity index is 948. The first-order chi connectivity index (χ1) is 15.0. The Morgan fingerprint density at radius 3 is 2.44 bits per heavy atom. The molecule has 1 fully saturated rings. The summed E-state index contributed by atoms with van der Waals surface area (Å²) in [5.74, 6) is 0.290. The number of likely N-dealkylation sites (tertiary alicyclic amines) is 1. The number of hydrogen-bond acceptors (Lipinski definition) is 6. The van der Waals surface area contributed by atoms with E-state index in [0.717, 1.165) is 22.6 Å². The first kappa shape index (κ1) is 23.9. The molecule has 8 heteroatoms. The summed E-state index contributed by atoms with van der Waals surface area (Å²) < 4.78 is 5.43. The third-order valence-corrected chi connectivity index (χ3v) is 6.04. The van der Waals surface area contributed by atoms with E-state index in [1.54, 1.807) is 7.05 Å². The number of nitrogens with zero attached hydrogens (tertiary/aromatic N) is 2. The number of oxazole rings is 1. The van der Waals surface area contributed by atoms with Crippen LogP contribution in [0.25, 0.3) is 11.3 Å². The molecule has 0 aliphatic carbocycles. The molecule has 1 aromatic heterocycles. The smallest absolute Gasteiger partial charge is 0.243 e. The van der Waals surface area contributed by atoms with Crippen LogP contribution in [0.4, 0.5) is 0 Å². The number of aliphatic hydroxyl groups is 1. The fourth-order valence-electron chi connectivity index (χ4n) is 4.29. The lowest BCUT2D eigenvalue weighted by Gasteiger charge is -2.34. The highest BCUT2D eigenvalue weighted by Gasteiger charge is 2.43. The summed E-state index contributed by atoms with van der Waals surface area (Å²) in [6, 6.07) is 6.33. The molecule has 1 saturated heterocycles. The van der Waals surface area contributed by atoms with Gasteiger partial charge in [0.15, 0.2) is 12.2 Å². The van der Waals surface area contributed by atoms with Crippen molar-refractivity contribution in [3.05, 3.63) is 41.9 Å². The van der Waals surface area contributed by atoms with E-state index in [0.29, 0.717) is 0 Å². The van der Waals surface area contributed by atoms with E-state index in [9.17, 15) is 14.7 Å². The van der Waals surface area contributed by atoms with Crippen molar-refractivity contribution < 1.29 is 19.1 Å². The van der Waals surface area contributed by atoms with Gasteiger partial charge < -0.3 is 25.1 Å². The summed E-state index contributed by atoms with van der Waals surface area (Å²) >= 11 is 0. The number of β-amino-alcohol motifs (C(OH)–C–C–N with tert-alkyl or cyclic N) is 1. The molecule has 32 heavy (non-hydrogen) atoms. The van der Waals surface area contributed by atoms with Crippen LogP contribution in [0.5, 0.6) is 0 Å². The van der Waals surface area contributed by atoms with Crippen LogP contribution < -0.4 is 10.6 Å². The van der Waals surface area contributed by atoms with Crippen LogP contribution in [0.15, 0.2) is 35.1 Å². The maximum absolute atomic E-state index is 13.2. The number of carbonyl (C=O) groups is 2. The van der Waals surface area contributed by atoms with Gasteiger partial charge in [-0.1, -0.05) is 45.0 Å². The highest BCUT2D eigenvalue weighted by Crippen LogP contribution is 2.27. The molecule has 8 nitrogen and oxygen atoms in total. The number of rotatable bonds is 6. The number of benzene rings is 1. The van der Waals surface area contributed by atoms with E-state index in [-0.39, 0.29) is 36.2 Å². The fourth-order valence-corrected chi connectivity index (χ4v) is 4.29. The Morgan fingerprint density at radius 2 is 1.91 bits per heavy atom. The van der Waals surface area contributed by atoms with Crippen molar-refractivity contribution in [3.63, 3.8) is 0 Å². The third-order valence-electron chi connectivity index (χ3n) is 6.04. The van der Waals surface area contributed by atoms with Gasteiger partial charge in [-0.05, 0) is 31.9 Å². The lowest BCUT2D eigenvalue weighted by molar-refractivity contribution is -0.142. The van der Waals surface area contributed by atoms with E-state index >= 15 is 0 Å². The normalized spacial score (nSPS) is 20.8. The second-order valence-corrected chi connectivity index (χ2v) is 9.60. The van der Waals surface area contributed by atoms with Crippen molar-refractivity contribution in [2.24, 2.45) is 5.41 Å². The Morgan fingerprint density at radius 1 is 1.25 bits per heavy atom. The predicted octanol–water partition coefficient (Wildman–Crippen LogP) is 2.42. The molecule has 2 heterocycles. The van der Waals surface area contributed by atoms with Crippen LogP contribution in [-0.2, 0) is 9.59 Å². The molecule has 1 aliphatic rings. The highest BCUT2D eigenvalue weighted by molar-refractivity contribution is 5.91. The standard InChI is InChI=1S/C24H34N4O4/c1-14(16-7-9-17(10-8-16)20-15(2)26-13-32-20)27-22(30)19-11-18(29)12-28(19)23(31)21(25-6)24(3,4)5/h7-10,13-14,18-19,21,25,29H,11-12H2,1-6H3,(H,27,30)/t14-,18+,19-,21+/m0/s1. The van der Waals surface area contributed by atoms with E-state index in [4.69, 9.17) is 4.42 Å². The van der Waals surface area contributed by atoms with Crippen molar-refractivity contribution in [3.8, 4) is 11.3 Å². The molecule has 3 N–H and O–H groups in total. The van der Waals surface area contributed by atoms with Crippen LogP contribution in [0.3, 0.4) is 0 Å². The van der Waals surface area contributed by atoms with E-state index in [1.165, 1.54) is 11.3 Å². The number of amides is 2. The maximum atomic E-state index is 13.2. The molecule has 0 radical (unpaired) electrons. The van der Waals surface area contributed by atoms with Gasteiger partial charge in [0, 0.05) is 18.5 Å². The zero-order valence-electron chi connectivity index (χ0n) is 19.7. The Labute approximate surface area is 189 Å². The Kier molecular flexibility index (Phi) is 7.05. The minimum Gasteiger partial charge on any atom is -0.443 e. The van der Waals surface area contributed by atoms with Crippen LogP contribution in [0, 0.1) is 12.3 Å². The van der Waals surface area contributed by atoms with Crippen molar-refractivity contribution in [1.29, 1.82) is 0 Å². The zero-order chi connectivity index (χ0) is 23.6. The van der Waals surface area contributed by atoms with Gasteiger partial charge in [0.05, 0.1) is 23.9 Å². The van der Waals surface area contributed by atoms with Gasteiger partial charge in [-0.15, -0.1) is 0 Å². The molecule has 1 aromatic carbocycles. The first-order valence-electron chi connectivity index (χ1n) is 11.0. The number of hydrogen-bond donors (Lipinski definition) is 3. The van der Waals surface area contributed by atoms with Gasteiger partial charge in [0.2, 0.25) is 11.8 Å². The quantitative estimate of drug-likeness (QED) is 0.634. The molecule has 0 spiro atoms. The molecule has 174 valence electrons. The molecule has 0 unspecified atom stereocenters. The fraction of sp³-hybridized carbons (Fsp3) is 0.542. The van der Waals surface area contributed by atoms with Gasteiger partial charge in [-0.2, -0.15) is 0 Å².